The highest BCUT2D eigenvalue weighted by Gasteiger charge is 2.28. The van der Waals surface area contributed by atoms with E-state index in [9.17, 15) is 5.11 Å². The molecule has 0 aromatic heterocycles. The largest absolute Gasteiger partial charge is 0.487 e. The Morgan fingerprint density at radius 3 is 2.76 bits per heavy atom. The van der Waals surface area contributed by atoms with Crippen LogP contribution in [0.4, 0.5) is 0 Å². The lowest BCUT2D eigenvalue weighted by atomic mass is 10.1. The number of halogens is 1. The molecule has 0 aliphatic heterocycles. The van der Waals surface area contributed by atoms with Gasteiger partial charge in [0, 0.05) is 16.6 Å². The third-order valence-electron chi connectivity index (χ3n) is 3.87. The number of aryl methyl sites for hydroxylation is 1. The molecule has 3 nitrogen and oxygen atoms in total. The minimum absolute atomic E-state index is 0.0614. The molecular weight excluding hydrogens is 330 g/mol. The third-order valence-corrected chi connectivity index (χ3v) is 4.33. The summed E-state index contributed by atoms with van der Waals surface area (Å²) in [5, 5.41) is 13.5. The molecule has 1 aliphatic carbocycles. The molecule has 1 aromatic carbocycles. The maximum Gasteiger partial charge on any atom is 0.127 e. The van der Waals surface area contributed by atoms with Crippen molar-refractivity contribution < 1.29 is 9.84 Å². The van der Waals surface area contributed by atoms with Crippen molar-refractivity contribution in [2.24, 2.45) is 5.92 Å². The molecule has 0 bridgehead atoms. The van der Waals surface area contributed by atoms with Crippen molar-refractivity contribution in [1.82, 2.24) is 5.32 Å². The Kier molecular flexibility index (Phi) is 6.08. The van der Waals surface area contributed by atoms with Crippen molar-refractivity contribution in [1.29, 1.82) is 0 Å². The zero-order valence-electron chi connectivity index (χ0n) is 13.2. The second kappa shape index (κ2) is 7.61. The highest BCUT2D eigenvalue weighted by Crippen LogP contribution is 2.32. The third kappa shape index (κ3) is 4.70. The van der Waals surface area contributed by atoms with Gasteiger partial charge in [-0.25, -0.2) is 0 Å². The van der Waals surface area contributed by atoms with Crippen LogP contribution in [-0.2, 0) is 6.54 Å². The van der Waals surface area contributed by atoms with E-state index in [-0.39, 0.29) is 12.2 Å². The number of hydrogen-bond acceptors (Lipinski definition) is 3. The quantitative estimate of drug-likeness (QED) is 0.815. The van der Waals surface area contributed by atoms with Gasteiger partial charge in [0.15, 0.2) is 0 Å². The van der Waals surface area contributed by atoms with E-state index in [1.165, 1.54) is 0 Å². The van der Waals surface area contributed by atoms with Gasteiger partial charge in [0.25, 0.3) is 0 Å². The lowest BCUT2D eigenvalue weighted by molar-refractivity contribution is 0.0592. The topological polar surface area (TPSA) is 41.5 Å². The van der Waals surface area contributed by atoms with E-state index in [4.69, 9.17) is 4.74 Å². The lowest BCUT2D eigenvalue weighted by Crippen LogP contribution is -2.27. The highest BCUT2D eigenvalue weighted by molar-refractivity contribution is 9.10. The smallest absolute Gasteiger partial charge is 0.127 e. The van der Waals surface area contributed by atoms with Crippen molar-refractivity contribution in [3.8, 4) is 5.75 Å². The summed E-state index contributed by atoms with van der Waals surface area (Å²) in [6, 6.07) is 4.18. The fourth-order valence-corrected chi connectivity index (χ4v) is 3.41. The summed E-state index contributed by atoms with van der Waals surface area (Å²) in [6.45, 7) is 8.23. The number of nitrogens with one attached hydrogen (secondary N) is 1. The van der Waals surface area contributed by atoms with Crippen LogP contribution in [-0.4, -0.2) is 23.9 Å². The van der Waals surface area contributed by atoms with Gasteiger partial charge in [0.2, 0.25) is 0 Å². The van der Waals surface area contributed by atoms with Crippen LogP contribution in [0.25, 0.3) is 0 Å². The Morgan fingerprint density at radius 1 is 1.38 bits per heavy atom. The number of rotatable bonds is 6. The Balaban J connectivity index is 2.13. The Bertz CT molecular complexity index is 476. The molecule has 1 aromatic rings. The highest BCUT2D eigenvalue weighted by atomic mass is 79.9. The summed E-state index contributed by atoms with van der Waals surface area (Å²) in [5.41, 5.74) is 2.27. The molecule has 2 atom stereocenters. The Labute approximate surface area is 136 Å². The predicted octanol–water partition coefficient (Wildman–Crippen LogP) is 3.80. The zero-order valence-corrected chi connectivity index (χ0v) is 14.7. The van der Waals surface area contributed by atoms with Crippen molar-refractivity contribution >= 4 is 15.9 Å². The number of benzene rings is 1. The summed E-state index contributed by atoms with van der Waals surface area (Å²) in [5.74, 6) is 1.56. The molecule has 0 radical (unpaired) electrons. The van der Waals surface area contributed by atoms with E-state index in [0.717, 1.165) is 53.7 Å². The summed E-state index contributed by atoms with van der Waals surface area (Å²) in [4.78, 5) is 0. The first-order valence-electron chi connectivity index (χ1n) is 7.82. The van der Waals surface area contributed by atoms with E-state index in [1.54, 1.807) is 0 Å². The van der Waals surface area contributed by atoms with E-state index >= 15 is 0 Å². The molecule has 1 aliphatic rings. The molecule has 2 unspecified atom stereocenters. The number of aliphatic hydroxyl groups excluding tert-OH is 1. The second-order valence-electron chi connectivity index (χ2n) is 6.39. The zero-order chi connectivity index (χ0) is 15.4. The number of hydrogen-bond donors (Lipinski definition) is 2. The molecule has 0 spiro atoms. The monoisotopic (exact) mass is 355 g/mol. The van der Waals surface area contributed by atoms with Crippen molar-refractivity contribution in [3.63, 3.8) is 0 Å². The van der Waals surface area contributed by atoms with Gasteiger partial charge in [-0.3, -0.25) is 0 Å². The summed E-state index contributed by atoms with van der Waals surface area (Å²) < 4.78 is 7.22. The standard InChI is InChI=1S/C17H26BrNO2/c1-11(2)9-19-10-13-8-14(18)7-12(3)17(13)21-16-6-4-5-15(16)20/h7-8,11,15-16,19-20H,4-6,9-10H2,1-3H3. The average Bonchev–Trinajstić information content (AvgIpc) is 2.78. The first-order valence-corrected chi connectivity index (χ1v) is 8.61. The van der Waals surface area contributed by atoms with Crippen molar-refractivity contribution in [2.45, 2.75) is 58.8 Å². The molecule has 2 N–H and O–H groups in total. The van der Waals surface area contributed by atoms with Crippen molar-refractivity contribution in [3.05, 3.63) is 27.7 Å². The maximum atomic E-state index is 9.99. The van der Waals surface area contributed by atoms with Gasteiger partial charge < -0.3 is 15.2 Å². The van der Waals surface area contributed by atoms with Crippen LogP contribution in [0.5, 0.6) is 5.75 Å². The molecule has 118 valence electrons. The summed E-state index contributed by atoms with van der Waals surface area (Å²) in [6.07, 6.45) is 2.44. The molecular formula is C17H26BrNO2. The number of ether oxygens (including phenoxy) is 1. The molecule has 21 heavy (non-hydrogen) atoms. The van der Waals surface area contributed by atoms with Crippen LogP contribution in [0.2, 0.25) is 0 Å². The molecule has 1 saturated carbocycles. The van der Waals surface area contributed by atoms with Gasteiger partial charge >= 0.3 is 0 Å². The van der Waals surface area contributed by atoms with Crippen LogP contribution < -0.4 is 10.1 Å². The predicted molar refractivity (Wildman–Crippen MR) is 89.7 cm³/mol. The number of aliphatic hydroxyl groups is 1. The van der Waals surface area contributed by atoms with Crippen LogP contribution in [0, 0.1) is 12.8 Å². The molecule has 4 heteroatoms. The fourth-order valence-electron chi connectivity index (χ4n) is 2.79. The second-order valence-corrected chi connectivity index (χ2v) is 7.31. The van der Waals surface area contributed by atoms with Gasteiger partial charge in [0.05, 0.1) is 6.10 Å². The van der Waals surface area contributed by atoms with E-state index in [1.807, 2.05) is 0 Å². The first-order chi connectivity index (χ1) is 9.97. The molecule has 0 amide bonds. The normalized spacial score (nSPS) is 22.0. The Hall–Kier alpha value is -0.580. The van der Waals surface area contributed by atoms with Crippen LogP contribution >= 0.6 is 15.9 Å². The van der Waals surface area contributed by atoms with Crippen LogP contribution in [0.3, 0.4) is 0 Å². The molecule has 1 fully saturated rings. The maximum absolute atomic E-state index is 9.99. The van der Waals surface area contributed by atoms with Crippen molar-refractivity contribution in [2.75, 3.05) is 6.54 Å². The first kappa shape index (κ1) is 16.8. The molecule has 2 rings (SSSR count). The summed E-state index contributed by atoms with van der Waals surface area (Å²) in [7, 11) is 0. The van der Waals surface area contributed by atoms with Gasteiger partial charge in [-0.1, -0.05) is 29.8 Å². The van der Waals surface area contributed by atoms with E-state index in [2.05, 4.69) is 54.2 Å². The SMILES string of the molecule is Cc1cc(Br)cc(CNCC(C)C)c1OC1CCCC1O. The molecule has 0 heterocycles. The van der Waals surface area contributed by atoms with Crippen LogP contribution in [0.1, 0.15) is 44.2 Å². The molecule has 0 saturated heterocycles. The Morgan fingerprint density at radius 2 is 2.14 bits per heavy atom. The lowest BCUT2D eigenvalue weighted by Gasteiger charge is -2.22. The van der Waals surface area contributed by atoms with Gasteiger partial charge in [-0.15, -0.1) is 0 Å². The average molecular weight is 356 g/mol. The van der Waals surface area contributed by atoms with Gasteiger partial charge in [-0.2, -0.15) is 0 Å². The van der Waals surface area contributed by atoms with Gasteiger partial charge in [-0.05, 0) is 56.3 Å². The summed E-state index contributed by atoms with van der Waals surface area (Å²) >= 11 is 3.56. The van der Waals surface area contributed by atoms with Crippen LogP contribution in [0.15, 0.2) is 16.6 Å². The fraction of sp³-hybridized carbons (Fsp3) is 0.647. The van der Waals surface area contributed by atoms with E-state index in [0.29, 0.717) is 5.92 Å². The minimum atomic E-state index is -0.329. The van der Waals surface area contributed by atoms with E-state index < -0.39 is 0 Å². The van der Waals surface area contributed by atoms with Gasteiger partial charge in [0.1, 0.15) is 11.9 Å². The minimum Gasteiger partial charge on any atom is -0.487 e.